The van der Waals surface area contributed by atoms with E-state index < -0.39 is 9.84 Å². The molecule has 0 aliphatic carbocycles. The Hall–Kier alpha value is -0.580. The molecule has 0 aromatic rings. The summed E-state index contributed by atoms with van der Waals surface area (Å²) < 4.78 is 21.8. The lowest BCUT2D eigenvalue weighted by Gasteiger charge is -2.03. The van der Waals surface area contributed by atoms with Crippen molar-refractivity contribution in [1.82, 2.24) is 5.32 Å². The molecule has 0 aromatic carbocycles. The van der Waals surface area contributed by atoms with Crippen LogP contribution < -0.4 is 5.32 Å². The van der Waals surface area contributed by atoms with Crippen LogP contribution in [0.15, 0.2) is 0 Å². The van der Waals surface area contributed by atoms with E-state index in [2.05, 4.69) is 5.32 Å². The first-order valence-electron chi connectivity index (χ1n) is 3.47. The van der Waals surface area contributed by atoms with Crippen LogP contribution in [0.2, 0.25) is 0 Å². The molecular weight excluding hydrogens is 166 g/mol. The van der Waals surface area contributed by atoms with E-state index in [4.69, 9.17) is 0 Å². The molecule has 1 amide bonds. The lowest BCUT2D eigenvalue weighted by Crippen LogP contribution is -2.27. The fraction of sp³-hybridized carbons (Fsp3) is 0.833. The maximum absolute atomic E-state index is 10.9. The lowest BCUT2D eigenvalue weighted by atomic mass is 10.1. The molecule has 5 heteroatoms. The quantitative estimate of drug-likeness (QED) is 0.568. The Bertz CT molecular complexity index is 257. The fourth-order valence-electron chi connectivity index (χ4n) is 1.21. The SMILES string of the molecule is CNC(=O)C1CCS(=O)(=O)C1. The predicted octanol–water partition coefficient (Wildman–Crippen LogP) is -0.833. The zero-order chi connectivity index (χ0) is 8.48. The molecular formula is C6H11NO3S. The van der Waals surface area contributed by atoms with Gasteiger partial charge in [0, 0.05) is 7.05 Å². The van der Waals surface area contributed by atoms with Gasteiger partial charge in [-0.2, -0.15) is 0 Å². The number of hydrogen-bond donors (Lipinski definition) is 1. The molecule has 1 unspecified atom stereocenters. The molecule has 0 saturated carbocycles. The first kappa shape index (κ1) is 8.52. The van der Waals surface area contributed by atoms with Gasteiger partial charge in [-0.3, -0.25) is 4.79 Å². The summed E-state index contributed by atoms with van der Waals surface area (Å²) in [6, 6.07) is 0. The van der Waals surface area contributed by atoms with Gasteiger partial charge < -0.3 is 5.32 Å². The summed E-state index contributed by atoms with van der Waals surface area (Å²) in [4.78, 5) is 10.9. The third-order valence-electron chi connectivity index (χ3n) is 1.85. The largest absolute Gasteiger partial charge is 0.359 e. The van der Waals surface area contributed by atoms with Crippen LogP contribution in [-0.4, -0.2) is 32.9 Å². The molecule has 1 atom stereocenters. The van der Waals surface area contributed by atoms with Crippen molar-refractivity contribution >= 4 is 15.7 Å². The Morgan fingerprint density at radius 2 is 2.18 bits per heavy atom. The van der Waals surface area contributed by atoms with Crippen LogP contribution in [-0.2, 0) is 14.6 Å². The molecule has 1 saturated heterocycles. The van der Waals surface area contributed by atoms with Gasteiger partial charge in [-0.25, -0.2) is 8.42 Å². The van der Waals surface area contributed by atoms with E-state index in [-0.39, 0.29) is 23.3 Å². The highest BCUT2D eigenvalue weighted by atomic mass is 32.2. The molecule has 1 aliphatic rings. The Morgan fingerprint density at radius 1 is 1.55 bits per heavy atom. The molecule has 64 valence electrons. The van der Waals surface area contributed by atoms with E-state index >= 15 is 0 Å². The standard InChI is InChI=1S/C6H11NO3S/c1-7-6(8)5-2-3-11(9,10)4-5/h5H,2-4H2,1H3,(H,7,8). The Labute approximate surface area is 65.9 Å². The number of sulfone groups is 1. The molecule has 0 aromatic heterocycles. The van der Waals surface area contributed by atoms with Crippen LogP contribution in [0.3, 0.4) is 0 Å². The van der Waals surface area contributed by atoms with E-state index in [0.717, 1.165) is 0 Å². The molecule has 1 heterocycles. The zero-order valence-electron chi connectivity index (χ0n) is 6.33. The van der Waals surface area contributed by atoms with Crippen molar-refractivity contribution in [2.45, 2.75) is 6.42 Å². The smallest absolute Gasteiger partial charge is 0.223 e. The van der Waals surface area contributed by atoms with Gasteiger partial charge in [0.05, 0.1) is 17.4 Å². The number of carbonyl (C=O) groups excluding carboxylic acids is 1. The second-order valence-corrected chi connectivity index (χ2v) is 4.94. The molecule has 1 N–H and O–H groups in total. The third kappa shape index (κ3) is 1.92. The number of rotatable bonds is 1. The van der Waals surface area contributed by atoms with E-state index in [1.54, 1.807) is 0 Å². The number of carbonyl (C=O) groups is 1. The normalized spacial score (nSPS) is 28.3. The molecule has 0 spiro atoms. The van der Waals surface area contributed by atoms with E-state index in [1.165, 1.54) is 7.05 Å². The van der Waals surface area contributed by atoms with E-state index in [9.17, 15) is 13.2 Å². The molecule has 1 aliphatic heterocycles. The summed E-state index contributed by atoms with van der Waals surface area (Å²) in [5, 5.41) is 2.44. The van der Waals surface area contributed by atoms with Crippen molar-refractivity contribution in [3.8, 4) is 0 Å². The first-order chi connectivity index (χ1) is 5.05. The molecule has 4 nitrogen and oxygen atoms in total. The Balaban J connectivity index is 2.62. The molecule has 0 radical (unpaired) electrons. The van der Waals surface area contributed by atoms with Crippen molar-refractivity contribution in [3.05, 3.63) is 0 Å². The summed E-state index contributed by atoms with van der Waals surface area (Å²) in [6.07, 6.45) is 0.474. The van der Waals surface area contributed by atoms with Crippen molar-refractivity contribution in [2.24, 2.45) is 5.92 Å². The highest BCUT2D eigenvalue weighted by molar-refractivity contribution is 7.91. The first-order valence-corrected chi connectivity index (χ1v) is 5.29. The fourth-order valence-corrected chi connectivity index (χ4v) is 2.95. The number of amides is 1. The second kappa shape index (κ2) is 2.81. The van der Waals surface area contributed by atoms with Crippen LogP contribution >= 0.6 is 0 Å². The maximum atomic E-state index is 10.9. The second-order valence-electron chi connectivity index (χ2n) is 2.71. The highest BCUT2D eigenvalue weighted by Crippen LogP contribution is 2.17. The predicted molar refractivity (Wildman–Crippen MR) is 40.8 cm³/mol. The number of hydrogen-bond acceptors (Lipinski definition) is 3. The van der Waals surface area contributed by atoms with Crippen molar-refractivity contribution in [1.29, 1.82) is 0 Å². The van der Waals surface area contributed by atoms with Crippen LogP contribution in [0.5, 0.6) is 0 Å². The zero-order valence-corrected chi connectivity index (χ0v) is 7.15. The van der Waals surface area contributed by atoms with Gasteiger partial charge >= 0.3 is 0 Å². The van der Waals surface area contributed by atoms with Gasteiger partial charge in [-0.15, -0.1) is 0 Å². The van der Waals surface area contributed by atoms with Gasteiger partial charge in [0.25, 0.3) is 0 Å². The Kier molecular flexibility index (Phi) is 2.17. The van der Waals surface area contributed by atoms with Gasteiger partial charge in [-0.05, 0) is 6.42 Å². The van der Waals surface area contributed by atoms with Crippen LogP contribution in [0.25, 0.3) is 0 Å². The van der Waals surface area contributed by atoms with Gasteiger partial charge in [-0.1, -0.05) is 0 Å². The topological polar surface area (TPSA) is 63.2 Å². The number of nitrogens with one attached hydrogen (secondary N) is 1. The average Bonchev–Trinajstić information content (AvgIpc) is 2.29. The minimum Gasteiger partial charge on any atom is -0.359 e. The molecule has 1 rings (SSSR count). The van der Waals surface area contributed by atoms with Gasteiger partial charge in [0.1, 0.15) is 0 Å². The summed E-state index contributed by atoms with van der Waals surface area (Å²) in [7, 11) is -1.39. The van der Waals surface area contributed by atoms with Crippen LogP contribution in [0.4, 0.5) is 0 Å². The monoisotopic (exact) mass is 177 g/mol. The van der Waals surface area contributed by atoms with Crippen molar-refractivity contribution in [2.75, 3.05) is 18.6 Å². The summed E-state index contributed by atoms with van der Waals surface area (Å²) >= 11 is 0. The van der Waals surface area contributed by atoms with Gasteiger partial charge in [0.15, 0.2) is 9.84 Å². The third-order valence-corrected chi connectivity index (χ3v) is 3.62. The summed E-state index contributed by atoms with van der Waals surface area (Å²) in [6.45, 7) is 0. The van der Waals surface area contributed by atoms with Crippen LogP contribution in [0, 0.1) is 5.92 Å². The Morgan fingerprint density at radius 3 is 2.55 bits per heavy atom. The summed E-state index contributed by atoms with van der Waals surface area (Å²) in [5.41, 5.74) is 0. The van der Waals surface area contributed by atoms with Crippen molar-refractivity contribution in [3.63, 3.8) is 0 Å². The molecule has 11 heavy (non-hydrogen) atoms. The maximum Gasteiger partial charge on any atom is 0.223 e. The van der Waals surface area contributed by atoms with E-state index in [1.807, 2.05) is 0 Å². The minimum absolute atomic E-state index is 0.0205. The lowest BCUT2D eigenvalue weighted by molar-refractivity contribution is -0.123. The highest BCUT2D eigenvalue weighted by Gasteiger charge is 2.32. The average molecular weight is 177 g/mol. The van der Waals surface area contributed by atoms with Crippen LogP contribution in [0.1, 0.15) is 6.42 Å². The molecule has 0 bridgehead atoms. The van der Waals surface area contributed by atoms with Gasteiger partial charge in [0.2, 0.25) is 5.91 Å². The summed E-state index contributed by atoms with van der Waals surface area (Å²) in [5.74, 6) is -0.298. The van der Waals surface area contributed by atoms with E-state index in [0.29, 0.717) is 6.42 Å². The molecule has 1 fully saturated rings. The van der Waals surface area contributed by atoms with Crippen molar-refractivity contribution < 1.29 is 13.2 Å². The minimum atomic E-state index is -2.91.